The summed E-state index contributed by atoms with van der Waals surface area (Å²) in [6.45, 7) is 5.92. The summed E-state index contributed by atoms with van der Waals surface area (Å²) in [5.74, 6) is -0.00583. The summed E-state index contributed by atoms with van der Waals surface area (Å²) in [6.07, 6.45) is 0. The lowest BCUT2D eigenvalue weighted by molar-refractivity contribution is 0.103. The number of ketones is 1. The highest BCUT2D eigenvalue weighted by Gasteiger charge is 2.14. The van der Waals surface area contributed by atoms with Crippen LogP contribution in [0.25, 0.3) is 0 Å². The van der Waals surface area contributed by atoms with Gasteiger partial charge in [-0.05, 0) is 38.5 Å². The first-order chi connectivity index (χ1) is 8.49. The Morgan fingerprint density at radius 3 is 2.17 bits per heavy atom. The zero-order chi connectivity index (χ0) is 13.3. The highest BCUT2D eigenvalue weighted by atomic mass is 16.1. The second-order valence-electron chi connectivity index (χ2n) is 4.74. The van der Waals surface area contributed by atoms with Gasteiger partial charge >= 0.3 is 0 Å². The average molecular weight is 239 g/mol. The molecule has 0 aliphatic heterocycles. The molecule has 2 N–H and O–H groups in total. The van der Waals surface area contributed by atoms with Crippen LogP contribution in [0.4, 0.5) is 5.69 Å². The number of nitrogen functional groups attached to an aromatic ring is 1. The summed E-state index contributed by atoms with van der Waals surface area (Å²) in [6, 6.07) is 11.4. The summed E-state index contributed by atoms with van der Waals surface area (Å²) in [7, 11) is 0. The van der Waals surface area contributed by atoms with E-state index in [-0.39, 0.29) is 5.78 Å². The van der Waals surface area contributed by atoms with E-state index in [0.29, 0.717) is 11.3 Å². The van der Waals surface area contributed by atoms with Gasteiger partial charge in [0.15, 0.2) is 5.78 Å². The SMILES string of the molecule is Cc1ccc(C(=O)c2cc(C)ccc2N)c(C)c1. The van der Waals surface area contributed by atoms with Crippen molar-refractivity contribution < 1.29 is 4.79 Å². The maximum Gasteiger partial charge on any atom is 0.195 e. The van der Waals surface area contributed by atoms with Crippen LogP contribution in [0.5, 0.6) is 0 Å². The van der Waals surface area contributed by atoms with E-state index in [1.807, 2.05) is 51.1 Å². The van der Waals surface area contributed by atoms with Crippen molar-refractivity contribution in [3.8, 4) is 0 Å². The number of hydrogen-bond acceptors (Lipinski definition) is 2. The van der Waals surface area contributed by atoms with Gasteiger partial charge in [0.1, 0.15) is 0 Å². The van der Waals surface area contributed by atoms with Gasteiger partial charge < -0.3 is 5.73 Å². The van der Waals surface area contributed by atoms with Crippen molar-refractivity contribution in [1.82, 2.24) is 0 Å². The number of rotatable bonds is 2. The van der Waals surface area contributed by atoms with E-state index in [1.54, 1.807) is 6.07 Å². The van der Waals surface area contributed by atoms with Gasteiger partial charge in [0.25, 0.3) is 0 Å². The van der Waals surface area contributed by atoms with Gasteiger partial charge in [-0.25, -0.2) is 0 Å². The van der Waals surface area contributed by atoms with Crippen LogP contribution in [-0.2, 0) is 0 Å². The number of aryl methyl sites for hydroxylation is 3. The molecule has 0 spiro atoms. The van der Waals surface area contributed by atoms with Crippen molar-refractivity contribution in [3.05, 3.63) is 64.2 Å². The van der Waals surface area contributed by atoms with Crippen LogP contribution in [0.15, 0.2) is 36.4 Å². The van der Waals surface area contributed by atoms with E-state index in [2.05, 4.69) is 0 Å². The standard InChI is InChI=1S/C16H17NO/c1-10-4-6-13(12(3)8-10)16(18)14-9-11(2)5-7-15(14)17/h4-9H,17H2,1-3H3. The Labute approximate surface area is 107 Å². The number of carbonyl (C=O) groups is 1. The lowest BCUT2D eigenvalue weighted by atomic mass is 9.96. The van der Waals surface area contributed by atoms with Crippen LogP contribution >= 0.6 is 0 Å². The van der Waals surface area contributed by atoms with Gasteiger partial charge in [0.05, 0.1) is 0 Å². The van der Waals surface area contributed by atoms with Crippen LogP contribution in [0.3, 0.4) is 0 Å². The quantitative estimate of drug-likeness (QED) is 0.644. The molecule has 0 saturated carbocycles. The molecule has 0 radical (unpaired) electrons. The van der Waals surface area contributed by atoms with E-state index in [4.69, 9.17) is 5.73 Å². The molecule has 0 aliphatic rings. The summed E-state index contributed by atoms with van der Waals surface area (Å²) in [4.78, 5) is 12.5. The monoisotopic (exact) mass is 239 g/mol. The van der Waals surface area contributed by atoms with Crippen molar-refractivity contribution in [2.24, 2.45) is 0 Å². The first kappa shape index (κ1) is 12.4. The molecule has 0 aliphatic carbocycles. The number of carbonyl (C=O) groups excluding carboxylic acids is 1. The Kier molecular flexibility index (Phi) is 3.19. The number of hydrogen-bond donors (Lipinski definition) is 1. The normalized spacial score (nSPS) is 10.4. The van der Waals surface area contributed by atoms with E-state index >= 15 is 0 Å². The molecule has 2 rings (SSSR count). The molecule has 0 aromatic heterocycles. The second-order valence-corrected chi connectivity index (χ2v) is 4.74. The summed E-state index contributed by atoms with van der Waals surface area (Å²) >= 11 is 0. The van der Waals surface area contributed by atoms with Crippen molar-refractivity contribution in [2.45, 2.75) is 20.8 Å². The van der Waals surface area contributed by atoms with Crippen molar-refractivity contribution in [1.29, 1.82) is 0 Å². The maximum atomic E-state index is 12.5. The van der Waals surface area contributed by atoms with E-state index in [1.165, 1.54) is 0 Å². The third-order valence-corrected chi connectivity index (χ3v) is 3.08. The van der Waals surface area contributed by atoms with Crippen LogP contribution in [0.1, 0.15) is 32.6 Å². The predicted octanol–water partition coefficient (Wildman–Crippen LogP) is 3.43. The van der Waals surface area contributed by atoms with Gasteiger partial charge in [-0.1, -0.05) is 35.4 Å². The predicted molar refractivity (Wildman–Crippen MR) is 74.9 cm³/mol. The van der Waals surface area contributed by atoms with Gasteiger partial charge in [0, 0.05) is 16.8 Å². The Bertz CT molecular complexity index is 614. The highest BCUT2D eigenvalue weighted by molar-refractivity contribution is 6.12. The third-order valence-electron chi connectivity index (χ3n) is 3.08. The van der Waals surface area contributed by atoms with Crippen molar-refractivity contribution in [3.63, 3.8) is 0 Å². The van der Waals surface area contributed by atoms with Crippen molar-refractivity contribution in [2.75, 3.05) is 5.73 Å². The Morgan fingerprint density at radius 2 is 1.50 bits per heavy atom. The van der Waals surface area contributed by atoms with E-state index in [0.717, 1.165) is 22.3 Å². The minimum atomic E-state index is -0.00583. The lowest BCUT2D eigenvalue weighted by Gasteiger charge is -2.09. The molecule has 2 aromatic carbocycles. The third kappa shape index (κ3) is 2.28. The minimum Gasteiger partial charge on any atom is -0.398 e. The zero-order valence-electron chi connectivity index (χ0n) is 10.9. The molecule has 0 bridgehead atoms. The Hall–Kier alpha value is -2.09. The number of benzene rings is 2. The minimum absolute atomic E-state index is 0.00583. The fourth-order valence-corrected chi connectivity index (χ4v) is 2.08. The van der Waals surface area contributed by atoms with E-state index in [9.17, 15) is 4.79 Å². The molecule has 2 heteroatoms. The molecular formula is C16H17NO. The summed E-state index contributed by atoms with van der Waals surface area (Å²) in [5.41, 5.74) is 10.9. The average Bonchev–Trinajstić information content (AvgIpc) is 2.31. The first-order valence-electron chi connectivity index (χ1n) is 5.97. The molecule has 0 fully saturated rings. The molecule has 2 aromatic rings. The van der Waals surface area contributed by atoms with Gasteiger partial charge in [-0.3, -0.25) is 4.79 Å². The number of anilines is 1. The molecule has 0 atom stereocenters. The molecule has 0 unspecified atom stereocenters. The summed E-state index contributed by atoms with van der Waals surface area (Å²) < 4.78 is 0. The van der Waals surface area contributed by atoms with Gasteiger partial charge in [0.2, 0.25) is 0 Å². The van der Waals surface area contributed by atoms with Crippen LogP contribution in [-0.4, -0.2) is 5.78 Å². The molecule has 2 nitrogen and oxygen atoms in total. The Balaban J connectivity index is 2.51. The van der Waals surface area contributed by atoms with Crippen LogP contribution in [0.2, 0.25) is 0 Å². The molecule has 18 heavy (non-hydrogen) atoms. The number of nitrogens with two attached hydrogens (primary N) is 1. The van der Waals surface area contributed by atoms with Crippen molar-refractivity contribution >= 4 is 11.5 Å². The smallest absolute Gasteiger partial charge is 0.195 e. The van der Waals surface area contributed by atoms with Crippen LogP contribution < -0.4 is 5.73 Å². The largest absolute Gasteiger partial charge is 0.398 e. The van der Waals surface area contributed by atoms with Crippen LogP contribution in [0, 0.1) is 20.8 Å². The van der Waals surface area contributed by atoms with Gasteiger partial charge in [-0.15, -0.1) is 0 Å². The summed E-state index contributed by atoms with van der Waals surface area (Å²) in [5, 5.41) is 0. The van der Waals surface area contributed by atoms with Gasteiger partial charge in [-0.2, -0.15) is 0 Å². The molecule has 92 valence electrons. The molecule has 0 heterocycles. The Morgan fingerprint density at radius 1 is 0.889 bits per heavy atom. The van der Waals surface area contributed by atoms with E-state index < -0.39 is 0 Å². The maximum absolute atomic E-state index is 12.5. The zero-order valence-corrected chi connectivity index (χ0v) is 10.9. The molecular weight excluding hydrogens is 222 g/mol. The topological polar surface area (TPSA) is 43.1 Å². The first-order valence-corrected chi connectivity index (χ1v) is 5.97. The lowest BCUT2D eigenvalue weighted by Crippen LogP contribution is -2.07. The molecule has 0 saturated heterocycles. The fourth-order valence-electron chi connectivity index (χ4n) is 2.08. The molecule has 0 amide bonds. The fraction of sp³-hybridized carbons (Fsp3) is 0.188. The highest BCUT2D eigenvalue weighted by Crippen LogP contribution is 2.20. The second kappa shape index (κ2) is 4.65.